The van der Waals surface area contributed by atoms with E-state index in [-0.39, 0.29) is 12.0 Å². The van der Waals surface area contributed by atoms with Gasteiger partial charge in [-0.25, -0.2) is 4.79 Å². The number of carbonyl (C=O) groups is 1. The number of methoxy groups -OCH3 is 1. The van der Waals surface area contributed by atoms with Crippen molar-refractivity contribution in [2.75, 3.05) is 33.3 Å². The van der Waals surface area contributed by atoms with E-state index < -0.39 is 6.10 Å². The maximum absolute atomic E-state index is 12.2. The molecule has 1 aliphatic heterocycles. The highest BCUT2D eigenvalue weighted by Gasteiger charge is 2.32. The van der Waals surface area contributed by atoms with Crippen molar-refractivity contribution in [3.05, 3.63) is 48.6 Å². The lowest BCUT2D eigenvalue weighted by molar-refractivity contribution is -0.157. The van der Waals surface area contributed by atoms with Crippen LogP contribution in [0.2, 0.25) is 0 Å². The molecule has 2 rings (SSSR count). The molecule has 0 radical (unpaired) electrons. The normalized spacial score (nSPS) is 20.5. The standard InChI is InChI=1S/C18H26N2O3/c1-3-11-20-12-7-10-19-16(13-20)17(18(21)22-2)23-14-15-8-5-4-6-9-15/h3-6,8-9,16-17,19H,1,7,10-14H2,2H3/t16-,17+/m0/s1. The highest BCUT2D eigenvalue weighted by atomic mass is 16.6. The summed E-state index contributed by atoms with van der Waals surface area (Å²) in [4.78, 5) is 14.5. The highest BCUT2D eigenvalue weighted by molar-refractivity contribution is 5.75. The molecule has 1 N–H and O–H groups in total. The Balaban J connectivity index is 2.03. The zero-order valence-corrected chi connectivity index (χ0v) is 13.7. The van der Waals surface area contributed by atoms with Crippen LogP contribution in [0.3, 0.4) is 0 Å². The summed E-state index contributed by atoms with van der Waals surface area (Å²) in [5.41, 5.74) is 1.04. The van der Waals surface area contributed by atoms with Crippen molar-refractivity contribution < 1.29 is 14.3 Å². The van der Waals surface area contributed by atoms with Crippen molar-refractivity contribution in [1.82, 2.24) is 10.2 Å². The first kappa shape index (κ1) is 17.7. The van der Waals surface area contributed by atoms with Crippen molar-refractivity contribution in [3.63, 3.8) is 0 Å². The number of ether oxygens (including phenoxy) is 2. The Bertz CT molecular complexity index is 492. The van der Waals surface area contributed by atoms with Gasteiger partial charge in [0, 0.05) is 13.1 Å². The average Bonchev–Trinajstić information content (AvgIpc) is 2.82. The number of hydrogen-bond acceptors (Lipinski definition) is 5. The monoisotopic (exact) mass is 318 g/mol. The van der Waals surface area contributed by atoms with Crippen molar-refractivity contribution >= 4 is 5.97 Å². The van der Waals surface area contributed by atoms with E-state index in [1.807, 2.05) is 36.4 Å². The molecule has 0 aromatic heterocycles. The molecule has 1 saturated heterocycles. The van der Waals surface area contributed by atoms with Gasteiger partial charge in [-0.3, -0.25) is 4.90 Å². The Morgan fingerprint density at radius 3 is 2.96 bits per heavy atom. The maximum Gasteiger partial charge on any atom is 0.336 e. The van der Waals surface area contributed by atoms with E-state index in [0.717, 1.165) is 38.2 Å². The van der Waals surface area contributed by atoms with Crippen LogP contribution in [0.1, 0.15) is 12.0 Å². The van der Waals surface area contributed by atoms with Gasteiger partial charge >= 0.3 is 5.97 Å². The molecule has 0 bridgehead atoms. The molecule has 1 heterocycles. The lowest BCUT2D eigenvalue weighted by atomic mass is 10.1. The summed E-state index contributed by atoms with van der Waals surface area (Å²) in [6, 6.07) is 9.76. The predicted octanol–water partition coefficient (Wildman–Crippen LogP) is 1.59. The summed E-state index contributed by atoms with van der Waals surface area (Å²) < 4.78 is 10.9. The Hall–Kier alpha value is -1.69. The number of carbonyl (C=O) groups excluding carboxylic acids is 1. The van der Waals surface area contributed by atoms with Crippen molar-refractivity contribution in [2.24, 2.45) is 0 Å². The molecule has 0 saturated carbocycles. The van der Waals surface area contributed by atoms with Gasteiger partial charge in [-0.1, -0.05) is 36.4 Å². The van der Waals surface area contributed by atoms with Crippen LogP contribution in [0.25, 0.3) is 0 Å². The molecule has 5 heteroatoms. The van der Waals surface area contributed by atoms with Crippen LogP contribution >= 0.6 is 0 Å². The van der Waals surface area contributed by atoms with Crippen LogP contribution in [-0.2, 0) is 20.9 Å². The number of nitrogens with zero attached hydrogens (tertiary/aromatic N) is 1. The van der Waals surface area contributed by atoms with Gasteiger partial charge in [0.1, 0.15) is 0 Å². The molecule has 1 aromatic carbocycles. The van der Waals surface area contributed by atoms with Gasteiger partial charge in [0.25, 0.3) is 0 Å². The van der Waals surface area contributed by atoms with Gasteiger partial charge in [0.15, 0.2) is 6.10 Å². The second kappa shape index (κ2) is 9.45. The zero-order chi connectivity index (χ0) is 16.5. The first-order chi connectivity index (χ1) is 11.2. The summed E-state index contributed by atoms with van der Waals surface area (Å²) in [6.45, 7) is 7.58. The topological polar surface area (TPSA) is 50.8 Å². The van der Waals surface area contributed by atoms with E-state index in [1.165, 1.54) is 7.11 Å². The van der Waals surface area contributed by atoms with Gasteiger partial charge in [0.05, 0.1) is 19.8 Å². The quantitative estimate of drug-likeness (QED) is 0.611. The molecule has 0 unspecified atom stereocenters. The fourth-order valence-corrected chi connectivity index (χ4v) is 2.80. The maximum atomic E-state index is 12.2. The van der Waals surface area contributed by atoms with Crippen LogP contribution in [0.4, 0.5) is 0 Å². The Morgan fingerprint density at radius 1 is 1.48 bits per heavy atom. The minimum atomic E-state index is -0.620. The van der Waals surface area contributed by atoms with Gasteiger partial charge < -0.3 is 14.8 Å². The van der Waals surface area contributed by atoms with E-state index in [2.05, 4.69) is 16.8 Å². The summed E-state index contributed by atoms with van der Waals surface area (Å²) in [5, 5.41) is 3.42. The first-order valence-electron chi connectivity index (χ1n) is 8.04. The zero-order valence-electron chi connectivity index (χ0n) is 13.7. The number of rotatable bonds is 7. The molecule has 1 aliphatic rings. The predicted molar refractivity (Wildman–Crippen MR) is 90.1 cm³/mol. The van der Waals surface area contributed by atoms with Crippen LogP contribution in [0, 0.1) is 0 Å². The lowest BCUT2D eigenvalue weighted by Crippen LogP contribution is -2.50. The molecule has 5 nitrogen and oxygen atoms in total. The van der Waals surface area contributed by atoms with Gasteiger partial charge in [-0.15, -0.1) is 6.58 Å². The Labute approximate surface area is 138 Å². The summed E-state index contributed by atoms with van der Waals surface area (Å²) in [5.74, 6) is -0.334. The Kier molecular flexibility index (Phi) is 7.26. The molecule has 0 aliphatic carbocycles. The van der Waals surface area contributed by atoms with Crippen LogP contribution in [-0.4, -0.2) is 56.3 Å². The third-order valence-corrected chi connectivity index (χ3v) is 3.97. The third kappa shape index (κ3) is 5.46. The second-order valence-electron chi connectivity index (χ2n) is 5.70. The second-order valence-corrected chi connectivity index (χ2v) is 5.70. The fourth-order valence-electron chi connectivity index (χ4n) is 2.80. The number of nitrogens with one attached hydrogen (secondary N) is 1. The van der Waals surface area contributed by atoms with E-state index in [9.17, 15) is 4.79 Å². The van der Waals surface area contributed by atoms with E-state index in [1.54, 1.807) is 0 Å². The van der Waals surface area contributed by atoms with E-state index in [0.29, 0.717) is 6.61 Å². The smallest absolute Gasteiger partial charge is 0.336 e. The van der Waals surface area contributed by atoms with Crippen molar-refractivity contribution in [2.45, 2.75) is 25.2 Å². The SMILES string of the molecule is C=CCN1CCCN[C@H]([C@@H](OCc2ccccc2)C(=O)OC)C1. The number of hydrogen-bond donors (Lipinski definition) is 1. The van der Waals surface area contributed by atoms with Crippen LogP contribution < -0.4 is 5.32 Å². The number of esters is 1. The number of benzene rings is 1. The van der Waals surface area contributed by atoms with Gasteiger partial charge in [-0.2, -0.15) is 0 Å². The molecule has 1 fully saturated rings. The molecular formula is C18H26N2O3. The fraction of sp³-hybridized carbons (Fsp3) is 0.500. The van der Waals surface area contributed by atoms with Crippen molar-refractivity contribution in [3.8, 4) is 0 Å². The minimum Gasteiger partial charge on any atom is -0.467 e. The van der Waals surface area contributed by atoms with Crippen LogP contribution in [0.5, 0.6) is 0 Å². The van der Waals surface area contributed by atoms with E-state index >= 15 is 0 Å². The summed E-state index contributed by atoms with van der Waals surface area (Å²) >= 11 is 0. The highest BCUT2D eigenvalue weighted by Crippen LogP contribution is 2.12. The van der Waals surface area contributed by atoms with Gasteiger partial charge in [-0.05, 0) is 25.1 Å². The van der Waals surface area contributed by atoms with Crippen molar-refractivity contribution in [1.29, 1.82) is 0 Å². The Morgan fingerprint density at radius 2 is 2.26 bits per heavy atom. The van der Waals surface area contributed by atoms with Gasteiger partial charge in [0.2, 0.25) is 0 Å². The molecule has 126 valence electrons. The first-order valence-corrected chi connectivity index (χ1v) is 8.04. The molecular weight excluding hydrogens is 292 g/mol. The summed E-state index contributed by atoms with van der Waals surface area (Å²) in [6.07, 6.45) is 2.31. The molecule has 0 spiro atoms. The largest absolute Gasteiger partial charge is 0.467 e. The van der Waals surface area contributed by atoms with E-state index in [4.69, 9.17) is 9.47 Å². The third-order valence-electron chi connectivity index (χ3n) is 3.97. The van der Waals surface area contributed by atoms with Crippen LogP contribution in [0.15, 0.2) is 43.0 Å². The minimum absolute atomic E-state index is 0.0892. The molecule has 1 aromatic rings. The molecule has 23 heavy (non-hydrogen) atoms. The molecule has 0 amide bonds. The lowest BCUT2D eigenvalue weighted by Gasteiger charge is -2.28. The average molecular weight is 318 g/mol. The molecule has 2 atom stereocenters. The summed E-state index contributed by atoms with van der Waals surface area (Å²) in [7, 11) is 1.40.